The fraction of sp³-hybridized carbons (Fsp3) is 0.286. The summed E-state index contributed by atoms with van der Waals surface area (Å²) >= 11 is 0. The van der Waals surface area contributed by atoms with E-state index < -0.39 is 6.04 Å². The Morgan fingerprint density at radius 1 is 1.26 bits per heavy atom. The monoisotopic (exact) mass is 261 g/mol. The summed E-state index contributed by atoms with van der Waals surface area (Å²) < 4.78 is 0. The van der Waals surface area contributed by atoms with Gasteiger partial charge in [-0.1, -0.05) is 36.4 Å². The summed E-state index contributed by atoms with van der Waals surface area (Å²) in [6.45, 7) is 5.93. The van der Waals surface area contributed by atoms with Gasteiger partial charge < -0.3 is 16.0 Å². The van der Waals surface area contributed by atoms with Crippen LogP contribution in [-0.4, -0.2) is 24.5 Å². The van der Waals surface area contributed by atoms with Gasteiger partial charge in [0.1, 0.15) is 6.04 Å². The van der Waals surface area contributed by atoms with E-state index in [4.69, 9.17) is 0 Å². The van der Waals surface area contributed by atoms with E-state index in [-0.39, 0.29) is 11.9 Å². The molecule has 0 spiro atoms. The Labute approximate surface area is 113 Å². The van der Waals surface area contributed by atoms with Crippen molar-refractivity contribution in [2.24, 2.45) is 0 Å². The van der Waals surface area contributed by atoms with E-state index in [1.54, 1.807) is 13.0 Å². The predicted octanol–water partition coefficient (Wildman–Crippen LogP) is 1.18. The number of benzene rings is 1. The van der Waals surface area contributed by atoms with E-state index in [9.17, 15) is 9.59 Å². The van der Waals surface area contributed by atoms with E-state index in [2.05, 4.69) is 22.5 Å². The molecular weight excluding hydrogens is 242 g/mol. The van der Waals surface area contributed by atoms with Crippen molar-refractivity contribution in [3.8, 4) is 0 Å². The number of carbonyl (C=O) groups excluding carboxylic acids is 2. The number of rotatable bonds is 6. The van der Waals surface area contributed by atoms with Crippen molar-refractivity contribution in [3.63, 3.8) is 0 Å². The van der Waals surface area contributed by atoms with Crippen LogP contribution in [0.25, 0.3) is 0 Å². The molecule has 5 heteroatoms. The predicted molar refractivity (Wildman–Crippen MR) is 74.5 cm³/mol. The Balaban J connectivity index is 2.32. The van der Waals surface area contributed by atoms with Crippen LogP contribution in [0.2, 0.25) is 0 Å². The summed E-state index contributed by atoms with van der Waals surface area (Å²) in [5.74, 6) is -0.224. The smallest absolute Gasteiger partial charge is 0.315 e. The first-order valence-corrected chi connectivity index (χ1v) is 6.10. The number of nitrogens with one attached hydrogen (secondary N) is 3. The molecule has 0 aliphatic carbocycles. The lowest BCUT2D eigenvalue weighted by molar-refractivity contribution is -0.122. The Morgan fingerprint density at radius 3 is 2.58 bits per heavy atom. The summed E-state index contributed by atoms with van der Waals surface area (Å²) in [7, 11) is 0. The van der Waals surface area contributed by atoms with E-state index >= 15 is 0 Å². The zero-order chi connectivity index (χ0) is 14.1. The third kappa shape index (κ3) is 5.72. The average Bonchev–Trinajstić information content (AvgIpc) is 2.43. The highest BCUT2D eigenvalue weighted by molar-refractivity contribution is 5.86. The van der Waals surface area contributed by atoms with Crippen molar-refractivity contribution in [1.29, 1.82) is 0 Å². The quantitative estimate of drug-likeness (QED) is 0.673. The number of urea groups is 1. The van der Waals surface area contributed by atoms with Crippen molar-refractivity contribution < 1.29 is 9.59 Å². The van der Waals surface area contributed by atoms with Gasteiger partial charge in [0.25, 0.3) is 0 Å². The molecule has 0 saturated carbocycles. The molecule has 0 heterocycles. The highest BCUT2D eigenvalue weighted by atomic mass is 16.2. The van der Waals surface area contributed by atoms with Crippen LogP contribution in [0.4, 0.5) is 4.79 Å². The highest BCUT2D eigenvalue weighted by Crippen LogP contribution is 1.97. The first-order valence-electron chi connectivity index (χ1n) is 6.10. The minimum atomic E-state index is -0.589. The van der Waals surface area contributed by atoms with Crippen molar-refractivity contribution >= 4 is 11.9 Å². The van der Waals surface area contributed by atoms with Gasteiger partial charge in [0.15, 0.2) is 0 Å². The molecule has 0 aromatic heterocycles. The second kappa shape index (κ2) is 7.92. The topological polar surface area (TPSA) is 70.2 Å². The molecule has 0 saturated heterocycles. The Hall–Kier alpha value is -2.30. The van der Waals surface area contributed by atoms with Crippen molar-refractivity contribution in [2.45, 2.75) is 19.5 Å². The number of carbonyl (C=O) groups is 2. The van der Waals surface area contributed by atoms with Gasteiger partial charge >= 0.3 is 6.03 Å². The summed E-state index contributed by atoms with van der Waals surface area (Å²) in [6, 6.07) is 8.61. The molecule has 3 amide bonds. The fourth-order valence-corrected chi connectivity index (χ4v) is 1.42. The van der Waals surface area contributed by atoms with Crippen LogP contribution in [0.3, 0.4) is 0 Å². The lowest BCUT2D eigenvalue weighted by atomic mass is 10.2. The molecule has 1 unspecified atom stereocenters. The maximum Gasteiger partial charge on any atom is 0.315 e. The molecule has 1 rings (SSSR count). The zero-order valence-corrected chi connectivity index (χ0v) is 11.0. The van der Waals surface area contributed by atoms with Crippen molar-refractivity contribution in [3.05, 3.63) is 48.6 Å². The lowest BCUT2D eigenvalue weighted by Crippen LogP contribution is -2.48. The van der Waals surface area contributed by atoms with Crippen LogP contribution >= 0.6 is 0 Å². The maximum atomic E-state index is 11.8. The van der Waals surface area contributed by atoms with Gasteiger partial charge in [-0.2, -0.15) is 0 Å². The first-order chi connectivity index (χ1) is 9.13. The third-order valence-electron chi connectivity index (χ3n) is 2.46. The summed E-state index contributed by atoms with van der Waals surface area (Å²) in [5, 5.41) is 7.84. The van der Waals surface area contributed by atoms with E-state index in [1.165, 1.54) is 0 Å². The molecular formula is C14H19N3O2. The lowest BCUT2D eigenvalue weighted by Gasteiger charge is -2.14. The van der Waals surface area contributed by atoms with Crippen molar-refractivity contribution in [2.75, 3.05) is 6.54 Å². The second-order valence-corrected chi connectivity index (χ2v) is 4.07. The molecule has 0 bridgehead atoms. The molecule has 102 valence electrons. The molecule has 0 fully saturated rings. The highest BCUT2D eigenvalue weighted by Gasteiger charge is 2.14. The minimum Gasteiger partial charge on any atom is -0.350 e. The maximum absolute atomic E-state index is 11.8. The molecule has 0 radical (unpaired) electrons. The standard InChI is InChI=1S/C14H19N3O2/c1-3-9-15-14(19)17-11(2)13(18)16-10-12-7-5-4-6-8-12/h3-8,11H,1,9-10H2,2H3,(H,16,18)(H2,15,17,19). The Bertz CT molecular complexity index is 432. The number of amides is 3. The molecule has 3 N–H and O–H groups in total. The minimum absolute atomic E-state index is 0.224. The second-order valence-electron chi connectivity index (χ2n) is 4.07. The molecule has 19 heavy (non-hydrogen) atoms. The molecule has 0 aliphatic rings. The summed E-state index contributed by atoms with van der Waals surface area (Å²) in [4.78, 5) is 23.1. The van der Waals surface area contributed by atoms with Gasteiger partial charge in [0.05, 0.1) is 0 Å². The van der Waals surface area contributed by atoms with Gasteiger partial charge in [-0.15, -0.1) is 6.58 Å². The molecule has 1 aromatic rings. The zero-order valence-electron chi connectivity index (χ0n) is 11.0. The van der Waals surface area contributed by atoms with Gasteiger partial charge in [-0.3, -0.25) is 4.79 Å². The van der Waals surface area contributed by atoms with Gasteiger partial charge in [-0.05, 0) is 12.5 Å². The molecule has 1 aromatic carbocycles. The number of hydrogen-bond donors (Lipinski definition) is 3. The number of hydrogen-bond acceptors (Lipinski definition) is 2. The van der Waals surface area contributed by atoms with Gasteiger partial charge in [-0.25, -0.2) is 4.79 Å². The summed E-state index contributed by atoms with van der Waals surface area (Å²) in [6.07, 6.45) is 1.57. The molecule has 0 aliphatic heterocycles. The van der Waals surface area contributed by atoms with Crippen LogP contribution in [0.5, 0.6) is 0 Å². The third-order valence-corrected chi connectivity index (χ3v) is 2.46. The van der Waals surface area contributed by atoms with Crippen LogP contribution < -0.4 is 16.0 Å². The van der Waals surface area contributed by atoms with Crippen LogP contribution in [-0.2, 0) is 11.3 Å². The largest absolute Gasteiger partial charge is 0.350 e. The SMILES string of the molecule is C=CCNC(=O)NC(C)C(=O)NCc1ccccc1. The normalized spacial score (nSPS) is 11.2. The van der Waals surface area contributed by atoms with E-state index in [1.807, 2.05) is 30.3 Å². The Kier molecular flexibility index (Phi) is 6.15. The van der Waals surface area contributed by atoms with Crippen molar-refractivity contribution in [1.82, 2.24) is 16.0 Å². The molecule has 5 nitrogen and oxygen atoms in total. The fourth-order valence-electron chi connectivity index (χ4n) is 1.42. The van der Waals surface area contributed by atoms with Crippen LogP contribution in [0, 0.1) is 0 Å². The van der Waals surface area contributed by atoms with Crippen LogP contribution in [0.15, 0.2) is 43.0 Å². The van der Waals surface area contributed by atoms with E-state index in [0.29, 0.717) is 13.1 Å². The Morgan fingerprint density at radius 2 is 1.95 bits per heavy atom. The molecule has 1 atom stereocenters. The van der Waals surface area contributed by atoms with Crippen LogP contribution in [0.1, 0.15) is 12.5 Å². The van der Waals surface area contributed by atoms with E-state index in [0.717, 1.165) is 5.56 Å². The van der Waals surface area contributed by atoms with Gasteiger partial charge in [0.2, 0.25) is 5.91 Å². The van der Waals surface area contributed by atoms with Gasteiger partial charge in [0, 0.05) is 13.1 Å². The first kappa shape index (κ1) is 14.8. The average molecular weight is 261 g/mol. The summed E-state index contributed by atoms with van der Waals surface area (Å²) in [5.41, 5.74) is 1.01.